The molecule has 5 heteroatoms. The van der Waals surface area contributed by atoms with Crippen LogP contribution in [0.4, 0.5) is 0 Å². The quantitative estimate of drug-likeness (QED) is 0.900. The predicted molar refractivity (Wildman–Crippen MR) is 75.2 cm³/mol. The highest BCUT2D eigenvalue weighted by atomic mass is 16.1. The highest BCUT2D eigenvalue weighted by Gasteiger charge is 2.27. The third-order valence-electron chi connectivity index (χ3n) is 4.06. The number of carbonyl (C=O) groups excluding carboxylic acids is 1. The zero-order valence-corrected chi connectivity index (χ0v) is 12.3. The van der Waals surface area contributed by atoms with Gasteiger partial charge < -0.3 is 5.32 Å². The molecule has 0 bridgehead atoms. The number of nitrogens with one attached hydrogen (secondary N) is 1. The molecular weight excluding hydrogens is 240 g/mol. The SMILES string of the molecule is CC(C)n1ccc(C(=O)NC[C@@H]2CC[C@H](C)N2C)n1. The van der Waals surface area contributed by atoms with E-state index in [1.807, 2.05) is 20.0 Å². The lowest BCUT2D eigenvalue weighted by atomic mass is 10.2. The molecule has 1 N–H and O–H groups in total. The zero-order valence-electron chi connectivity index (χ0n) is 12.3. The maximum absolute atomic E-state index is 12.0. The van der Waals surface area contributed by atoms with Crippen molar-refractivity contribution in [2.24, 2.45) is 0 Å². The lowest BCUT2D eigenvalue weighted by Gasteiger charge is -2.23. The molecule has 2 atom stereocenters. The minimum atomic E-state index is -0.0765. The molecule has 106 valence electrons. The third kappa shape index (κ3) is 3.15. The molecule has 19 heavy (non-hydrogen) atoms. The average Bonchev–Trinajstić information content (AvgIpc) is 2.97. The standard InChI is InChI=1S/C14H24N4O/c1-10(2)18-8-7-13(16-18)14(19)15-9-12-6-5-11(3)17(12)4/h7-8,10-12H,5-6,9H2,1-4H3,(H,15,19)/t11-,12-/m0/s1. The van der Waals surface area contributed by atoms with Gasteiger partial charge in [-0.05, 0) is 46.7 Å². The summed E-state index contributed by atoms with van der Waals surface area (Å²) < 4.78 is 1.80. The topological polar surface area (TPSA) is 50.2 Å². The van der Waals surface area contributed by atoms with Gasteiger partial charge >= 0.3 is 0 Å². The van der Waals surface area contributed by atoms with Crippen molar-refractivity contribution in [2.45, 2.75) is 51.7 Å². The molecule has 1 amide bonds. The summed E-state index contributed by atoms with van der Waals surface area (Å²) in [5.74, 6) is -0.0765. The maximum Gasteiger partial charge on any atom is 0.271 e. The predicted octanol–water partition coefficient (Wildman–Crippen LogP) is 1.68. The van der Waals surface area contributed by atoms with Crippen LogP contribution in [0.3, 0.4) is 0 Å². The fraction of sp³-hybridized carbons (Fsp3) is 0.714. The molecule has 0 saturated carbocycles. The summed E-state index contributed by atoms with van der Waals surface area (Å²) in [6, 6.07) is 3.12. The fourth-order valence-corrected chi connectivity index (χ4v) is 2.49. The van der Waals surface area contributed by atoms with Gasteiger partial charge in [-0.2, -0.15) is 5.10 Å². The Morgan fingerprint density at radius 3 is 2.79 bits per heavy atom. The minimum absolute atomic E-state index is 0.0765. The molecule has 1 aromatic rings. The van der Waals surface area contributed by atoms with Crippen LogP contribution in [0.25, 0.3) is 0 Å². The van der Waals surface area contributed by atoms with Crippen LogP contribution in [0, 0.1) is 0 Å². The van der Waals surface area contributed by atoms with Crippen LogP contribution in [0.2, 0.25) is 0 Å². The number of carbonyl (C=O) groups is 1. The Morgan fingerprint density at radius 2 is 2.26 bits per heavy atom. The number of aromatic nitrogens is 2. The molecule has 0 spiro atoms. The summed E-state index contributed by atoms with van der Waals surface area (Å²) in [4.78, 5) is 14.4. The van der Waals surface area contributed by atoms with Gasteiger partial charge in [0.2, 0.25) is 0 Å². The van der Waals surface area contributed by atoms with Gasteiger partial charge in [0.25, 0.3) is 5.91 Å². The van der Waals surface area contributed by atoms with E-state index in [1.54, 1.807) is 10.7 Å². The summed E-state index contributed by atoms with van der Waals surface area (Å²) in [7, 11) is 2.13. The number of likely N-dealkylation sites (tertiary alicyclic amines) is 1. The average molecular weight is 264 g/mol. The van der Waals surface area contributed by atoms with Crippen molar-refractivity contribution in [1.29, 1.82) is 0 Å². The summed E-state index contributed by atoms with van der Waals surface area (Å²) in [5, 5.41) is 7.27. The lowest BCUT2D eigenvalue weighted by Crippen LogP contribution is -2.40. The number of rotatable bonds is 4. The Kier molecular flexibility index (Phi) is 4.24. The first-order chi connectivity index (χ1) is 8.99. The van der Waals surface area contributed by atoms with Crippen molar-refractivity contribution in [3.8, 4) is 0 Å². The first-order valence-electron chi connectivity index (χ1n) is 7.04. The molecule has 5 nitrogen and oxygen atoms in total. The largest absolute Gasteiger partial charge is 0.349 e. The normalized spacial score (nSPS) is 24.1. The van der Waals surface area contributed by atoms with E-state index >= 15 is 0 Å². The molecule has 1 fully saturated rings. The summed E-state index contributed by atoms with van der Waals surface area (Å²) >= 11 is 0. The van der Waals surface area contributed by atoms with Gasteiger partial charge in [-0.1, -0.05) is 0 Å². The number of hydrogen-bond donors (Lipinski definition) is 1. The molecule has 0 aromatic carbocycles. The first-order valence-corrected chi connectivity index (χ1v) is 7.04. The Bertz CT molecular complexity index is 440. The molecule has 0 aliphatic carbocycles. The summed E-state index contributed by atoms with van der Waals surface area (Å²) in [5.41, 5.74) is 0.502. The van der Waals surface area contributed by atoms with Crippen molar-refractivity contribution < 1.29 is 4.79 Å². The molecule has 0 radical (unpaired) electrons. The van der Waals surface area contributed by atoms with Crippen LogP contribution in [-0.4, -0.2) is 46.3 Å². The third-order valence-corrected chi connectivity index (χ3v) is 4.06. The van der Waals surface area contributed by atoms with Crippen LogP contribution in [0.1, 0.15) is 50.1 Å². The van der Waals surface area contributed by atoms with E-state index < -0.39 is 0 Å². The highest BCUT2D eigenvalue weighted by molar-refractivity contribution is 5.92. The van der Waals surface area contributed by atoms with Gasteiger partial charge in [-0.25, -0.2) is 0 Å². The minimum Gasteiger partial charge on any atom is -0.349 e. The van der Waals surface area contributed by atoms with E-state index in [-0.39, 0.29) is 11.9 Å². The van der Waals surface area contributed by atoms with Crippen molar-refractivity contribution >= 4 is 5.91 Å². The second kappa shape index (κ2) is 5.74. The zero-order chi connectivity index (χ0) is 14.0. The smallest absolute Gasteiger partial charge is 0.271 e. The van der Waals surface area contributed by atoms with Gasteiger partial charge in [0.05, 0.1) is 0 Å². The summed E-state index contributed by atoms with van der Waals surface area (Å²) in [6.45, 7) is 7.02. The molecule has 2 rings (SSSR count). The maximum atomic E-state index is 12.0. The molecule has 2 heterocycles. The second-order valence-corrected chi connectivity index (χ2v) is 5.73. The highest BCUT2D eigenvalue weighted by Crippen LogP contribution is 2.20. The first kappa shape index (κ1) is 14.1. The summed E-state index contributed by atoms with van der Waals surface area (Å²) in [6.07, 6.45) is 4.21. The molecule has 1 aliphatic heterocycles. The van der Waals surface area contributed by atoms with Crippen LogP contribution in [0.15, 0.2) is 12.3 Å². The molecule has 1 aromatic heterocycles. The molecule has 0 unspecified atom stereocenters. The Balaban J connectivity index is 1.87. The van der Waals surface area contributed by atoms with E-state index in [1.165, 1.54) is 6.42 Å². The van der Waals surface area contributed by atoms with Gasteiger partial charge in [-0.3, -0.25) is 14.4 Å². The molecule has 1 aliphatic rings. The van der Waals surface area contributed by atoms with Crippen molar-refractivity contribution in [1.82, 2.24) is 20.0 Å². The van der Waals surface area contributed by atoms with E-state index in [4.69, 9.17) is 0 Å². The number of amides is 1. The van der Waals surface area contributed by atoms with Crippen LogP contribution in [0.5, 0.6) is 0 Å². The molecule has 1 saturated heterocycles. The Hall–Kier alpha value is -1.36. The fourth-order valence-electron chi connectivity index (χ4n) is 2.49. The van der Waals surface area contributed by atoms with Crippen LogP contribution < -0.4 is 5.32 Å². The van der Waals surface area contributed by atoms with Crippen molar-refractivity contribution in [3.63, 3.8) is 0 Å². The van der Waals surface area contributed by atoms with Gasteiger partial charge in [-0.15, -0.1) is 0 Å². The number of hydrogen-bond acceptors (Lipinski definition) is 3. The van der Waals surface area contributed by atoms with Crippen LogP contribution in [-0.2, 0) is 0 Å². The van der Waals surface area contributed by atoms with Crippen molar-refractivity contribution in [3.05, 3.63) is 18.0 Å². The Morgan fingerprint density at radius 1 is 1.53 bits per heavy atom. The van der Waals surface area contributed by atoms with E-state index in [0.29, 0.717) is 24.3 Å². The van der Waals surface area contributed by atoms with Crippen LogP contribution >= 0.6 is 0 Å². The van der Waals surface area contributed by atoms with Gasteiger partial charge in [0.1, 0.15) is 5.69 Å². The van der Waals surface area contributed by atoms with E-state index in [2.05, 4.69) is 29.3 Å². The van der Waals surface area contributed by atoms with E-state index in [0.717, 1.165) is 6.42 Å². The van der Waals surface area contributed by atoms with Crippen molar-refractivity contribution in [2.75, 3.05) is 13.6 Å². The monoisotopic (exact) mass is 264 g/mol. The molecular formula is C14H24N4O. The number of nitrogens with zero attached hydrogens (tertiary/aromatic N) is 3. The second-order valence-electron chi connectivity index (χ2n) is 5.73. The van der Waals surface area contributed by atoms with Gasteiger partial charge in [0, 0.05) is 30.9 Å². The Labute approximate surface area is 115 Å². The number of likely N-dealkylation sites (N-methyl/N-ethyl adjacent to an activating group) is 1. The van der Waals surface area contributed by atoms with Gasteiger partial charge in [0.15, 0.2) is 0 Å². The van der Waals surface area contributed by atoms with E-state index in [9.17, 15) is 4.79 Å². The lowest BCUT2D eigenvalue weighted by molar-refractivity contribution is 0.0935.